The fraction of sp³-hybridized carbons (Fsp3) is 0.0435. The first-order valence-electron chi connectivity index (χ1n) is 9.40. The Morgan fingerprint density at radius 1 is 1.12 bits per heavy atom. The second-order valence-corrected chi connectivity index (χ2v) is 7.16. The van der Waals surface area contributed by atoms with Crippen LogP contribution in [0.5, 0.6) is 5.75 Å². The number of nitrogens with zero attached hydrogens (tertiary/aromatic N) is 2. The molecule has 0 spiro atoms. The molecule has 0 aliphatic heterocycles. The van der Waals surface area contributed by atoms with E-state index in [0.29, 0.717) is 17.1 Å². The molecule has 160 valence electrons. The van der Waals surface area contributed by atoms with Gasteiger partial charge in [0.25, 0.3) is 11.6 Å². The van der Waals surface area contributed by atoms with Gasteiger partial charge in [-0.25, -0.2) is 5.43 Å². The predicted molar refractivity (Wildman–Crippen MR) is 121 cm³/mol. The molecule has 0 aliphatic rings. The monoisotopic (exact) mass is 449 g/mol. The van der Waals surface area contributed by atoms with Gasteiger partial charge in [0.1, 0.15) is 17.3 Å². The van der Waals surface area contributed by atoms with Gasteiger partial charge in [-0.05, 0) is 47.2 Å². The molecular formula is C23H16ClN3O5. The molecule has 4 aromatic rings. The lowest BCUT2D eigenvalue weighted by Gasteiger charge is -2.09. The van der Waals surface area contributed by atoms with Gasteiger partial charge in [0, 0.05) is 11.1 Å². The zero-order valence-corrected chi connectivity index (χ0v) is 17.5. The molecule has 4 rings (SSSR count). The average Bonchev–Trinajstić information content (AvgIpc) is 3.26. The summed E-state index contributed by atoms with van der Waals surface area (Å²) in [5.41, 5.74) is 2.88. The quantitative estimate of drug-likeness (QED) is 0.240. The largest absolute Gasteiger partial charge is 0.496 e. The van der Waals surface area contributed by atoms with E-state index < -0.39 is 10.8 Å². The molecule has 0 bridgehead atoms. The summed E-state index contributed by atoms with van der Waals surface area (Å²) in [5, 5.41) is 17.3. The number of nitro groups is 1. The van der Waals surface area contributed by atoms with Gasteiger partial charge in [-0.15, -0.1) is 0 Å². The van der Waals surface area contributed by atoms with E-state index >= 15 is 0 Å². The number of benzene rings is 3. The summed E-state index contributed by atoms with van der Waals surface area (Å²) in [6.45, 7) is 0. The molecule has 0 saturated heterocycles. The summed E-state index contributed by atoms with van der Waals surface area (Å²) < 4.78 is 11.0. The van der Waals surface area contributed by atoms with Crippen molar-refractivity contribution in [3.63, 3.8) is 0 Å². The zero-order valence-electron chi connectivity index (χ0n) is 16.7. The predicted octanol–water partition coefficient (Wildman–Crippen LogP) is 5.43. The first-order chi connectivity index (χ1) is 15.5. The number of hydrogen-bond donors (Lipinski definition) is 1. The van der Waals surface area contributed by atoms with Crippen molar-refractivity contribution in [1.82, 2.24) is 5.43 Å². The van der Waals surface area contributed by atoms with Crippen LogP contribution in [0, 0.1) is 10.1 Å². The minimum atomic E-state index is -0.533. The Balaban J connectivity index is 1.53. The smallest absolute Gasteiger partial charge is 0.281 e. The van der Waals surface area contributed by atoms with Crippen molar-refractivity contribution >= 4 is 40.2 Å². The second-order valence-electron chi connectivity index (χ2n) is 6.72. The van der Waals surface area contributed by atoms with E-state index in [4.69, 9.17) is 20.8 Å². The van der Waals surface area contributed by atoms with Gasteiger partial charge in [-0.3, -0.25) is 14.9 Å². The van der Waals surface area contributed by atoms with Gasteiger partial charge in [-0.1, -0.05) is 35.9 Å². The van der Waals surface area contributed by atoms with Crippen molar-refractivity contribution in [3.8, 4) is 17.1 Å². The van der Waals surface area contributed by atoms with Crippen LogP contribution >= 0.6 is 11.6 Å². The van der Waals surface area contributed by atoms with Crippen LogP contribution in [0.15, 0.2) is 76.2 Å². The Morgan fingerprint density at radius 2 is 1.88 bits per heavy atom. The van der Waals surface area contributed by atoms with E-state index in [1.807, 2.05) is 24.3 Å². The summed E-state index contributed by atoms with van der Waals surface area (Å²) >= 11 is 5.85. The van der Waals surface area contributed by atoms with E-state index in [9.17, 15) is 14.9 Å². The van der Waals surface area contributed by atoms with Crippen LogP contribution in [0.4, 0.5) is 5.69 Å². The molecule has 0 radical (unpaired) electrons. The molecule has 0 saturated carbocycles. The van der Waals surface area contributed by atoms with Gasteiger partial charge in [-0.2, -0.15) is 5.10 Å². The second kappa shape index (κ2) is 8.91. The van der Waals surface area contributed by atoms with E-state index in [0.717, 1.165) is 10.8 Å². The van der Waals surface area contributed by atoms with E-state index in [1.165, 1.54) is 31.5 Å². The molecule has 0 atom stereocenters. The number of carbonyl (C=O) groups excluding carboxylic acids is 1. The zero-order chi connectivity index (χ0) is 22.7. The molecule has 3 aromatic carbocycles. The van der Waals surface area contributed by atoms with Crippen LogP contribution in [-0.2, 0) is 0 Å². The molecule has 1 aromatic heterocycles. The van der Waals surface area contributed by atoms with Gasteiger partial charge in [0.15, 0.2) is 0 Å². The number of fused-ring (bicyclic) bond motifs is 1. The summed E-state index contributed by atoms with van der Waals surface area (Å²) in [4.78, 5) is 23.4. The van der Waals surface area contributed by atoms with Crippen LogP contribution in [0.3, 0.4) is 0 Å². The lowest BCUT2D eigenvalue weighted by atomic mass is 10.1. The number of ether oxygens (including phenoxy) is 1. The van der Waals surface area contributed by atoms with Crippen molar-refractivity contribution in [2.75, 3.05) is 7.11 Å². The Bertz CT molecular complexity index is 1360. The Kier molecular flexibility index (Phi) is 5.87. The molecule has 32 heavy (non-hydrogen) atoms. The minimum Gasteiger partial charge on any atom is -0.496 e. The van der Waals surface area contributed by atoms with Crippen molar-refractivity contribution < 1.29 is 18.9 Å². The van der Waals surface area contributed by atoms with E-state index in [1.54, 1.807) is 24.3 Å². The average molecular weight is 450 g/mol. The third kappa shape index (κ3) is 4.30. The standard InChI is InChI=1S/C23H16ClN3O5/c1-31-22-11-15-5-3-2-4-14(15)10-19(22)23(28)26-25-13-17-7-9-21(32-17)18-8-6-16(24)12-20(18)27(29)30/h2-13H,1H3,(H,26,28)/b25-13-. The number of hydrogen-bond acceptors (Lipinski definition) is 6. The highest BCUT2D eigenvalue weighted by Crippen LogP contribution is 2.33. The maximum Gasteiger partial charge on any atom is 0.281 e. The molecule has 8 nitrogen and oxygen atoms in total. The highest BCUT2D eigenvalue weighted by Gasteiger charge is 2.18. The normalized spacial score (nSPS) is 11.1. The number of furan rings is 1. The summed E-state index contributed by atoms with van der Waals surface area (Å²) in [6, 6.07) is 18.6. The Morgan fingerprint density at radius 3 is 2.59 bits per heavy atom. The van der Waals surface area contributed by atoms with Gasteiger partial charge in [0.2, 0.25) is 0 Å². The fourth-order valence-corrected chi connectivity index (χ4v) is 3.38. The molecule has 0 unspecified atom stereocenters. The summed E-state index contributed by atoms with van der Waals surface area (Å²) in [6.07, 6.45) is 1.30. The minimum absolute atomic E-state index is 0.174. The van der Waals surface area contributed by atoms with E-state index in [2.05, 4.69) is 10.5 Å². The lowest BCUT2D eigenvalue weighted by Crippen LogP contribution is -2.18. The lowest BCUT2D eigenvalue weighted by molar-refractivity contribution is -0.384. The fourth-order valence-electron chi connectivity index (χ4n) is 3.21. The van der Waals surface area contributed by atoms with E-state index in [-0.39, 0.29) is 22.0 Å². The number of halogens is 1. The molecule has 0 aliphatic carbocycles. The first kappa shape index (κ1) is 21.1. The number of hydrazone groups is 1. The Labute approximate surface area is 187 Å². The molecule has 0 fully saturated rings. The number of methoxy groups -OCH3 is 1. The number of nitro benzene ring substituents is 1. The first-order valence-corrected chi connectivity index (χ1v) is 9.78. The number of carbonyl (C=O) groups is 1. The van der Waals surface area contributed by atoms with Gasteiger partial charge in [0.05, 0.1) is 29.4 Å². The molecule has 1 N–H and O–H groups in total. The van der Waals surface area contributed by atoms with Gasteiger partial charge >= 0.3 is 0 Å². The Hall–Kier alpha value is -4.17. The topological polar surface area (TPSA) is 107 Å². The van der Waals surface area contributed by atoms with Crippen LogP contribution < -0.4 is 10.2 Å². The highest BCUT2D eigenvalue weighted by molar-refractivity contribution is 6.30. The number of nitrogens with one attached hydrogen (secondary N) is 1. The van der Waals surface area contributed by atoms with Crippen molar-refractivity contribution in [3.05, 3.63) is 93.2 Å². The van der Waals surface area contributed by atoms with Crippen molar-refractivity contribution in [1.29, 1.82) is 0 Å². The molecule has 9 heteroatoms. The van der Waals surface area contributed by atoms with Gasteiger partial charge < -0.3 is 9.15 Å². The van der Waals surface area contributed by atoms with Crippen LogP contribution in [0.25, 0.3) is 22.1 Å². The number of amides is 1. The van der Waals surface area contributed by atoms with Crippen molar-refractivity contribution in [2.24, 2.45) is 5.10 Å². The third-order valence-corrected chi connectivity index (χ3v) is 4.95. The van der Waals surface area contributed by atoms with Crippen LogP contribution in [0.2, 0.25) is 5.02 Å². The SMILES string of the molecule is COc1cc2ccccc2cc1C(=O)N/N=C\c1ccc(-c2ccc(Cl)cc2[N+](=O)[O-])o1. The van der Waals surface area contributed by atoms with Crippen LogP contribution in [0.1, 0.15) is 16.1 Å². The molecule has 1 amide bonds. The van der Waals surface area contributed by atoms with Crippen LogP contribution in [-0.4, -0.2) is 24.2 Å². The maximum absolute atomic E-state index is 12.6. The highest BCUT2D eigenvalue weighted by atomic mass is 35.5. The number of rotatable bonds is 6. The molecule has 1 heterocycles. The van der Waals surface area contributed by atoms with Crippen molar-refractivity contribution in [2.45, 2.75) is 0 Å². The summed E-state index contributed by atoms with van der Waals surface area (Å²) in [5.74, 6) is 0.545. The molecular weight excluding hydrogens is 434 g/mol. The summed E-state index contributed by atoms with van der Waals surface area (Å²) in [7, 11) is 1.49. The maximum atomic E-state index is 12.6. The third-order valence-electron chi connectivity index (χ3n) is 4.72.